The molecule has 0 radical (unpaired) electrons. The predicted molar refractivity (Wildman–Crippen MR) is 94.1 cm³/mol. The SMILES string of the molecule is CC(=O)CCN(CCC(C)=O)CCN(CCC(C)=O)CCC(C)=O. The Morgan fingerprint density at radius 3 is 0.833 bits per heavy atom. The van der Waals surface area contributed by atoms with Gasteiger partial charge in [0, 0.05) is 65.0 Å². The standard InChI is InChI=1S/C18H32N2O4/c1-15(21)5-9-19(10-6-16(2)22)13-14-20(11-7-17(3)23)12-8-18(4)24/h5-14H2,1-4H3. The van der Waals surface area contributed by atoms with Crippen LogP contribution in [0.15, 0.2) is 0 Å². The van der Waals surface area contributed by atoms with Gasteiger partial charge in [0.25, 0.3) is 0 Å². The number of hydrogen-bond acceptors (Lipinski definition) is 6. The lowest BCUT2D eigenvalue weighted by atomic mass is 10.2. The topological polar surface area (TPSA) is 74.8 Å². The molecule has 138 valence electrons. The van der Waals surface area contributed by atoms with Gasteiger partial charge in [-0.3, -0.25) is 19.2 Å². The van der Waals surface area contributed by atoms with Gasteiger partial charge in [0.15, 0.2) is 0 Å². The third-order valence-electron chi connectivity index (χ3n) is 3.85. The molecule has 0 N–H and O–H groups in total. The lowest BCUT2D eigenvalue weighted by Crippen LogP contribution is -2.38. The highest BCUT2D eigenvalue weighted by atomic mass is 16.1. The Hall–Kier alpha value is -1.40. The molecule has 0 aliphatic carbocycles. The second-order valence-corrected chi connectivity index (χ2v) is 6.49. The van der Waals surface area contributed by atoms with E-state index in [2.05, 4.69) is 9.80 Å². The Bertz CT molecular complexity index is 359. The highest BCUT2D eigenvalue weighted by Gasteiger charge is 2.12. The van der Waals surface area contributed by atoms with Crippen molar-refractivity contribution < 1.29 is 19.2 Å². The monoisotopic (exact) mass is 340 g/mol. The minimum absolute atomic E-state index is 0.132. The van der Waals surface area contributed by atoms with Crippen molar-refractivity contribution in [2.24, 2.45) is 0 Å². The largest absolute Gasteiger partial charge is 0.301 e. The molecule has 0 aliphatic rings. The lowest BCUT2D eigenvalue weighted by Gasteiger charge is -2.27. The van der Waals surface area contributed by atoms with Gasteiger partial charge in [-0.2, -0.15) is 0 Å². The van der Waals surface area contributed by atoms with Crippen LogP contribution in [-0.2, 0) is 19.2 Å². The number of carbonyl (C=O) groups is 4. The summed E-state index contributed by atoms with van der Waals surface area (Å²) in [7, 11) is 0. The fourth-order valence-corrected chi connectivity index (χ4v) is 2.22. The highest BCUT2D eigenvalue weighted by Crippen LogP contribution is 2.01. The summed E-state index contributed by atoms with van der Waals surface area (Å²) in [6, 6.07) is 0. The van der Waals surface area contributed by atoms with Crippen molar-refractivity contribution in [2.75, 3.05) is 39.3 Å². The Kier molecular flexibility index (Phi) is 12.2. The van der Waals surface area contributed by atoms with Crippen molar-refractivity contribution in [1.29, 1.82) is 0 Å². The predicted octanol–water partition coefficient (Wildman–Crippen LogP) is 1.51. The van der Waals surface area contributed by atoms with E-state index in [9.17, 15) is 19.2 Å². The molecule has 0 fully saturated rings. The smallest absolute Gasteiger partial charge is 0.131 e. The Balaban J connectivity index is 4.53. The van der Waals surface area contributed by atoms with E-state index >= 15 is 0 Å². The molecule has 0 aliphatic heterocycles. The summed E-state index contributed by atoms with van der Waals surface area (Å²) in [4.78, 5) is 49.0. The summed E-state index contributed by atoms with van der Waals surface area (Å²) < 4.78 is 0. The molecule has 0 atom stereocenters. The van der Waals surface area contributed by atoms with E-state index in [1.54, 1.807) is 27.7 Å². The van der Waals surface area contributed by atoms with Crippen LogP contribution in [0.25, 0.3) is 0 Å². The second-order valence-electron chi connectivity index (χ2n) is 6.49. The van der Waals surface area contributed by atoms with Crippen LogP contribution in [0.3, 0.4) is 0 Å². The minimum atomic E-state index is 0.132. The maximum Gasteiger partial charge on any atom is 0.131 e. The molecule has 6 nitrogen and oxygen atoms in total. The molecule has 0 amide bonds. The van der Waals surface area contributed by atoms with Gasteiger partial charge >= 0.3 is 0 Å². The molecular formula is C18H32N2O4. The first-order valence-electron chi connectivity index (χ1n) is 8.63. The molecule has 6 heteroatoms. The van der Waals surface area contributed by atoms with Crippen molar-refractivity contribution in [3.63, 3.8) is 0 Å². The van der Waals surface area contributed by atoms with Gasteiger partial charge in [0.05, 0.1) is 0 Å². The number of rotatable bonds is 15. The van der Waals surface area contributed by atoms with E-state index in [-0.39, 0.29) is 23.1 Å². The maximum absolute atomic E-state index is 11.2. The highest BCUT2D eigenvalue weighted by molar-refractivity contribution is 5.76. The number of hydrogen-bond donors (Lipinski definition) is 0. The van der Waals surface area contributed by atoms with Gasteiger partial charge in [0.1, 0.15) is 23.1 Å². The molecular weight excluding hydrogens is 308 g/mol. The average Bonchev–Trinajstić information content (AvgIpc) is 2.47. The van der Waals surface area contributed by atoms with Crippen LogP contribution >= 0.6 is 0 Å². The maximum atomic E-state index is 11.2. The fourth-order valence-electron chi connectivity index (χ4n) is 2.22. The van der Waals surface area contributed by atoms with Crippen molar-refractivity contribution >= 4 is 23.1 Å². The van der Waals surface area contributed by atoms with Crippen LogP contribution in [0.1, 0.15) is 53.4 Å². The van der Waals surface area contributed by atoms with Gasteiger partial charge in [-0.1, -0.05) is 0 Å². The van der Waals surface area contributed by atoms with Crippen molar-refractivity contribution in [3.8, 4) is 0 Å². The van der Waals surface area contributed by atoms with Crippen LogP contribution in [-0.4, -0.2) is 72.2 Å². The number of nitrogens with zero attached hydrogens (tertiary/aromatic N) is 2. The molecule has 0 spiro atoms. The first-order valence-corrected chi connectivity index (χ1v) is 8.63. The number of ketones is 4. The van der Waals surface area contributed by atoms with E-state index in [1.165, 1.54) is 0 Å². The van der Waals surface area contributed by atoms with E-state index in [0.717, 1.165) is 13.1 Å². The van der Waals surface area contributed by atoms with Crippen LogP contribution in [0.2, 0.25) is 0 Å². The summed E-state index contributed by atoms with van der Waals surface area (Å²) in [5, 5.41) is 0. The van der Waals surface area contributed by atoms with Crippen molar-refractivity contribution in [1.82, 2.24) is 9.80 Å². The molecule has 24 heavy (non-hydrogen) atoms. The van der Waals surface area contributed by atoms with Gasteiger partial charge in [-0.05, 0) is 27.7 Å². The zero-order valence-corrected chi connectivity index (χ0v) is 15.6. The Morgan fingerprint density at radius 2 is 0.667 bits per heavy atom. The zero-order valence-electron chi connectivity index (χ0n) is 15.6. The molecule has 0 aromatic carbocycles. The molecule has 0 aromatic heterocycles. The minimum Gasteiger partial charge on any atom is -0.301 e. The van der Waals surface area contributed by atoms with Crippen molar-refractivity contribution in [2.45, 2.75) is 53.4 Å². The molecule has 0 unspecified atom stereocenters. The molecule has 0 bridgehead atoms. The van der Waals surface area contributed by atoms with Gasteiger partial charge in [-0.15, -0.1) is 0 Å². The van der Waals surface area contributed by atoms with Crippen LogP contribution in [0, 0.1) is 0 Å². The van der Waals surface area contributed by atoms with Crippen LogP contribution in [0.4, 0.5) is 0 Å². The molecule has 0 rings (SSSR count). The molecule has 0 aromatic rings. The molecule has 0 saturated heterocycles. The normalized spacial score (nSPS) is 11.1. The van der Waals surface area contributed by atoms with E-state index in [0.29, 0.717) is 51.9 Å². The fraction of sp³-hybridized carbons (Fsp3) is 0.778. The summed E-state index contributed by atoms with van der Waals surface area (Å²) >= 11 is 0. The number of carbonyl (C=O) groups excluding carboxylic acids is 4. The Morgan fingerprint density at radius 1 is 0.458 bits per heavy atom. The quantitative estimate of drug-likeness (QED) is 0.450. The second kappa shape index (κ2) is 13.0. The van der Waals surface area contributed by atoms with E-state index in [4.69, 9.17) is 0 Å². The summed E-state index contributed by atoms with van der Waals surface area (Å²) in [5.41, 5.74) is 0. The Labute approximate surface area is 145 Å². The zero-order chi connectivity index (χ0) is 18.5. The average molecular weight is 340 g/mol. The van der Waals surface area contributed by atoms with Gasteiger partial charge in [-0.25, -0.2) is 0 Å². The van der Waals surface area contributed by atoms with Crippen LogP contribution < -0.4 is 0 Å². The third kappa shape index (κ3) is 14.2. The third-order valence-corrected chi connectivity index (χ3v) is 3.85. The van der Waals surface area contributed by atoms with Crippen molar-refractivity contribution in [3.05, 3.63) is 0 Å². The number of Topliss-reactive ketones (excluding diaryl/α,β-unsaturated/α-hetero) is 4. The lowest BCUT2D eigenvalue weighted by molar-refractivity contribution is -0.119. The first-order chi connectivity index (χ1) is 11.2. The first kappa shape index (κ1) is 22.6. The van der Waals surface area contributed by atoms with E-state index in [1.807, 2.05) is 0 Å². The van der Waals surface area contributed by atoms with Gasteiger partial charge in [0.2, 0.25) is 0 Å². The summed E-state index contributed by atoms with van der Waals surface area (Å²) in [5.74, 6) is 0.529. The van der Waals surface area contributed by atoms with Crippen LogP contribution in [0.5, 0.6) is 0 Å². The molecule has 0 saturated carbocycles. The summed E-state index contributed by atoms with van der Waals surface area (Å²) in [6.45, 7) is 10.2. The molecule has 0 heterocycles. The van der Waals surface area contributed by atoms with Gasteiger partial charge < -0.3 is 9.80 Å². The van der Waals surface area contributed by atoms with E-state index < -0.39 is 0 Å². The summed E-state index contributed by atoms with van der Waals surface area (Å²) in [6.07, 6.45) is 1.88.